The molecule has 0 amide bonds. The Labute approximate surface area is 85.1 Å². The maximum absolute atomic E-state index is 12.2. The monoisotopic (exact) mass is 220 g/mol. The Morgan fingerprint density at radius 1 is 1.47 bits per heavy atom. The minimum absolute atomic E-state index is 0.0669. The number of aromatic nitrogens is 1. The normalized spacial score (nSPS) is 13.7. The molecule has 15 heavy (non-hydrogen) atoms. The van der Waals surface area contributed by atoms with Crippen molar-refractivity contribution in [1.29, 1.82) is 0 Å². The first-order chi connectivity index (χ1) is 6.93. The lowest BCUT2D eigenvalue weighted by molar-refractivity contribution is -0.141. The summed E-state index contributed by atoms with van der Waals surface area (Å²) < 4.78 is 41.8. The van der Waals surface area contributed by atoms with Crippen LogP contribution in [0.4, 0.5) is 13.2 Å². The Morgan fingerprint density at radius 3 is 2.67 bits per heavy atom. The minimum atomic E-state index is -4.45. The molecule has 2 N–H and O–H groups in total. The Bertz CT molecular complexity index is 327. The Kier molecular flexibility index (Phi) is 3.52. The predicted molar refractivity (Wildman–Crippen MR) is 48.4 cm³/mol. The Balaban J connectivity index is 2.84. The van der Waals surface area contributed by atoms with E-state index in [2.05, 4.69) is 4.98 Å². The maximum atomic E-state index is 12.2. The standard InChI is InChI=1S/C9H11F3N2O/c1-6(5-13)15-8-4-2-3-7(14-8)9(10,11)12/h2-4,6H,5,13H2,1H3. The molecule has 1 rings (SSSR count). The molecule has 84 valence electrons. The highest BCUT2D eigenvalue weighted by molar-refractivity contribution is 5.17. The van der Waals surface area contributed by atoms with Gasteiger partial charge in [0.1, 0.15) is 11.8 Å². The van der Waals surface area contributed by atoms with E-state index in [0.29, 0.717) is 0 Å². The summed E-state index contributed by atoms with van der Waals surface area (Å²) in [5, 5.41) is 0. The van der Waals surface area contributed by atoms with Crippen molar-refractivity contribution in [3.63, 3.8) is 0 Å². The van der Waals surface area contributed by atoms with Crippen molar-refractivity contribution in [3.05, 3.63) is 23.9 Å². The zero-order chi connectivity index (χ0) is 11.5. The van der Waals surface area contributed by atoms with Gasteiger partial charge in [-0.3, -0.25) is 0 Å². The van der Waals surface area contributed by atoms with Crippen molar-refractivity contribution >= 4 is 0 Å². The summed E-state index contributed by atoms with van der Waals surface area (Å²) in [5.41, 5.74) is 4.30. The van der Waals surface area contributed by atoms with Gasteiger partial charge < -0.3 is 10.5 Å². The largest absolute Gasteiger partial charge is 0.473 e. The summed E-state index contributed by atoms with van der Waals surface area (Å²) in [4.78, 5) is 3.33. The number of nitrogens with two attached hydrogens (primary N) is 1. The molecule has 1 unspecified atom stereocenters. The van der Waals surface area contributed by atoms with Crippen molar-refractivity contribution in [2.24, 2.45) is 5.73 Å². The number of ether oxygens (including phenoxy) is 1. The summed E-state index contributed by atoms with van der Waals surface area (Å²) >= 11 is 0. The number of rotatable bonds is 3. The molecule has 0 bridgehead atoms. The number of hydrogen-bond donors (Lipinski definition) is 1. The number of pyridine rings is 1. The highest BCUT2D eigenvalue weighted by Gasteiger charge is 2.32. The van der Waals surface area contributed by atoms with Gasteiger partial charge in [0.05, 0.1) is 0 Å². The summed E-state index contributed by atoms with van der Waals surface area (Å²) in [6.45, 7) is 1.87. The maximum Gasteiger partial charge on any atom is 0.433 e. The van der Waals surface area contributed by atoms with Crippen LogP contribution >= 0.6 is 0 Å². The van der Waals surface area contributed by atoms with Crippen molar-refractivity contribution in [2.45, 2.75) is 19.2 Å². The molecular formula is C9H11F3N2O. The van der Waals surface area contributed by atoms with Crippen LogP contribution in [0, 0.1) is 0 Å². The molecule has 0 aliphatic rings. The average molecular weight is 220 g/mol. The van der Waals surface area contributed by atoms with Gasteiger partial charge >= 0.3 is 6.18 Å². The van der Waals surface area contributed by atoms with E-state index < -0.39 is 11.9 Å². The van der Waals surface area contributed by atoms with E-state index in [1.54, 1.807) is 6.92 Å². The van der Waals surface area contributed by atoms with Crippen LogP contribution in [0.1, 0.15) is 12.6 Å². The molecule has 0 fully saturated rings. The second-order valence-electron chi connectivity index (χ2n) is 3.02. The van der Waals surface area contributed by atoms with Gasteiger partial charge in [-0.25, -0.2) is 4.98 Å². The van der Waals surface area contributed by atoms with E-state index in [1.165, 1.54) is 12.1 Å². The molecule has 3 nitrogen and oxygen atoms in total. The molecule has 6 heteroatoms. The van der Waals surface area contributed by atoms with Gasteiger partial charge in [0.15, 0.2) is 0 Å². The van der Waals surface area contributed by atoms with E-state index in [0.717, 1.165) is 6.07 Å². The molecule has 1 aromatic heterocycles. The topological polar surface area (TPSA) is 48.1 Å². The van der Waals surface area contributed by atoms with Crippen LogP contribution in [0.2, 0.25) is 0 Å². The van der Waals surface area contributed by atoms with Crippen molar-refractivity contribution in [2.75, 3.05) is 6.54 Å². The predicted octanol–water partition coefficient (Wildman–Crippen LogP) is 1.83. The van der Waals surface area contributed by atoms with E-state index >= 15 is 0 Å². The fourth-order valence-electron chi connectivity index (χ4n) is 0.893. The third-order valence-electron chi connectivity index (χ3n) is 1.67. The first-order valence-corrected chi connectivity index (χ1v) is 4.34. The molecule has 0 saturated heterocycles. The zero-order valence-corrected chi connectivity index (χ0v) is 8.08. The SMILES string of the molecule is CC(CN)Oc1cccc(C(F)(F)F)n1. The van der Waals surface area contributed by atoms with E-state index in [-0.39, 0.29) is 18.5 Å². The number of halogens is 3. The fraction of sp³-hybridized carbons (Fsp3) is 0.444. The van der Waals surface area contributed by atoms with Crippen LogP contribution in [0.15, 0.2) is 18.2 Å². The van der Waals surface area contributed by atoms with Gasteiger partial charge in [0.2, 0.25) is 5.88 Å². The van der Waals surface area contributed by atoms with Crippen LogP contribution in [-0.2, 0) is 6.18 Å². The van der Waals surface area contributed by atoms with Crippen LogP contribution in [0.25, 0.3) is 0 Å². The van der Waals surface area contributed by atoms with E-state index in [4.69, 9.17) is 10.5 Å². The molecule has 1 atom stereocenters. The van der Waals surface area contributed by atoms with Gasteiger partial charge in [-0.2, -0.15) is 13.2 Å². The summed E-state index contributed by atoms with van der Waals surface area (Å²) in [7, 11) is 0. The first kappa shape index (κ1) is 11.8. The summed E-state index contributed by atoms with van der Waals surface area (Å²) in [6, 6.07) is 3.50. The average Bonchev–Trinajstić information content (AvgIpc) is 2.17. The number of hydrogen-bond acceptors (Lipinski definition) is 3. The lowest BCUT2D eigenvalue weighted by atomic mass is 10.3. The third-order valence-corrected chi connectivity index (χ3v) is 1.67. The number of alkyl halides is 3. The molecular weight excluding hydrogens is 209 g/mol. The van der Waals surface area contributed by atoms with Crippen LogP contribution in [-0.4, -0.2) is 17.6 Å². The molecule has 0 radical (unpaired) electrons. The second kappa shape index (κ2) is 4.48. The summed E-state index contributed by atoms with van der Waals surface area (Å²) in [5.74, 6) is -0.0669. The molecule has 0 aromatic carbocycles. The van der Waals surface area contributed by atoms with Gasteiger partial charge in [0.25, 0.3) is 0 Å². The smallest absolute Gasteiger partial charge is 0.433 e. The van der Waals surface area contributed by atoms with Crippen molar-refractivity contribution in [1.82, 2.24) is 4.98 Å². The lowest BCUT2D eigenvalue weighted by Crippen LogP contribution is -2.23. The third kappa shape index (κ3) is 3.39. The minimum Gasteiger partial charge on any atom is -0.473 e. The van der Waals surface area contributed by atoms with E-state index in [9.17, 15) is 13.2 Å². The quantitative estimate of drug-likeness (QED) is 0.845. The van der Waals surface area contributed by atoms with Crippen LogP contribution in [0.5, 0.6) is 5.88 Å². The molecule has 0 spiro atoms. The molecule has 0 aliphatic carbocycles. The molecule has 0 saturated carbocycles. The highest BCUT2D eigenvalue weighted by atomic mass is 19.4. The van der Waals surface area contributed by atoms with E-state index in [1.807, 2.05) is 0 Å². The molecule has 1 aromatic rings. The first-order valence-electron chi connectivity index (χ1n) is 4.34. The van der Waals surface area contributed by atoms with Gasteiger partial charge in [-0.05, 0) is 13.0 Å². The molecule has 0 aliphatic heterocycles. The lowest BCUT2D eigenvalue weighted by Gasteiger charge is -2.12. The van der Waals surface area contributed by atoms with Gasteiger partial charge in [0, 0.05) is 12.6 Å². The zero-order valence-electron chi connectivity index (χ0n) is 8.08. The van der Waals surface area contributed by atoms with Crippen molar-refractivity contribution < 1.29 is 17.9 Å². The number of nitrogens with zero attached hydrogens (tertiary/aromatic N) is 1. The second-order valence-corrected chi connectivity index (χ2v) is 3.02. The summed E-state index contributed by atoms with van der Waals surface area (Å²) in [6.07, 6.45) is -4.81. The Morgan fingerprint density at radius 2 is 2.13 bits per heavy atom. The van der Waals surface area contributed by atoms with Crippen molar-refractivity contribution in [3.8, 4) is 5.88 Å². The van der Waals surface area contributed by atoms with Gasteiger partial charge in [-0.15, -0.1) is 0 Å². The molecule has 1 heterocycles. The van der Waals surface area contributed by atoms with Crippen LogP contribution < -0.4 is 10.5 Å². The van der Waals surface area contributed by atoms with Gasteiger partial charge in [-0.1, -0.05) is 6.07 Å². The Hall–Kier alpha value is -1.30. The van der Waals surface area contributed by atoms with Crippen LogP contribution in [0.3, 0.4) is 0 Å². The fourth-order valence-corrected chi connectivity index (χ4v) is 0.893. The highest BCUT2D eigenvalue weighted by Crippen LogP contribution is 2.28.